The Morgan fingerprint density at radius 3 is 2.59 bits per heavy atom. The summed E-state index contributed by atoms with van der Waals surface area (Å²) >= 11 is 0. The van der Waals surface area contributed by atoms with E-state index in [0.29, 0.717) is 35.7 Å². The molecule has 0 bridgehead atoms. The zero-order chi connectivity index (χ0) is 22.5. The van der Waals surface area contributed by atoms with Crippen molar-refractivity contribution in [1.29, 1.82) is 0 Å². The van der Waals surface area contributed by atoms with Crippen LogP contribution in [0.4, 0.5) is 10.1 Å². The number of carboxylic acids is 1. The molecule has 5 rings (SSSR count). The summed E-state index contributed by atoms with van der Waals surface area (Å²) < 4.78 is 16.4. The van der Waals surface area contributed by atoms with Gasteiger partial charge in [0.15, 0.2) is 0 Å². The molecule has 2 fully saturated rings. The summed E-state index contributed by atoms with van der Waals surface area (Å²) in [6.07, 6.45) is 8.03. The standard InChI is InChI=1S/C25H24FN3O3/c1-15-5-8-21(22(26)11-15)25(9-10-25)24(32)28-17-6-7-19(20(12-17)23(30)31)16-13-27-29(14-16)18-3-2-4-18/h5-8,11-14,18H,2-4,9-10H2,1H3,(H,28,32)(H,30,31). The number of halogens is 1. The molecule has 0 atom stereocenters. The summed E-state index contributed by atoms with van der Waals surface area (Å²) in [7, 11) is 0. The van der Waals surface area contributed by atoms with Crippen molar-refractivity contribution >= 4 is 17.6 Å². The van der Waals surface area contributed by atoms with Crippen LogP contribution in [0.1, 0.15) is 59.6 Å². The van der Waals surface area contributed by atoms with E-state index in [0.717, 1.165) is 24.0 Å². The number of aromatic nitrogens is 2. The Bertz CT molecular complexity index is 1220. The fourth-order valence-corrected chi connectivity index (χ4v) is 4.38. The number of benzene rings is 2. The van der Waals surface area contributed by atoms with Crippen LogP contribution in [0.15, 0.2) is 48.8 Å². The molecule has 1 amide bonds. The highest BCUT2D eigenvalue weighted by Crippen LogP contribution is 2.50. The van der Waals surface area contributed by atoms with Crippen LogP contribution < -0.4 is 5.32 Å². The highest BCUT2D eigenvalue weighted by Gasteiger charge is 2.52. The minimum Gasteiger partial charge on any atom is -0.478 e. The molecule has 1 aromatic heterocycles. The first kappa shape index (κ1) is 20.4. The molecule has 2 aromatic carbocycles. The highest BCUT2D eigenvalue weighted by molar-refractivity contribution is 6.03. The molecular weight excluding hydrogens is 409 g/mol. The minimum absolute atomic E-state index is 0.0855. The van der Waals surface area contributed by atoms with Gasteiger partial charge in [0.05, 0.1) is 23.2 Å². The Labute approximate surface area is 185 Å². The van der Waals surface area contributed by atoms with Crippen LogP contribution in [0.3, 0.4) is 0 Å². The topological polar surface area (TPSA) is 84.2 Å². The number of nitrogens with one attached hydrogen (secondary N) is 1. The van der Waals surface area contributed by atoms with Crippen LogP contribution in [-0.2, 0) is 10.2 Å². The minimum atomic E-state index is -1.08. The third kappa shape index (κ3) is 3.47. The molecule has 2 aliphatic rings. The Hall–Kier alpha value is -3.48. The molecule has 0 spiro atoms. The second-order valence-corrected chi connectivity index (χ2v) is 8.88. The number of carbonyl (C=O) groups excluding carboxylic acids is 1. The first-order valence-corrected chi connectivity index (χ1v) is 10.9. The quantitative estimate of drug-likeness (QED) is 0.567. The van der Waals surface area contributed by atoms with Crippen molar-refractivity contribution in [3.63, 3.8) is 0 Å². The molecule has 3 aromatic rings. The number of carboxylic acid groups (broad SMARTS) is 1. The molecule has 1 heterocycles. The van der Waals surface area contributed by atoms with E-state index >= 15 is 0 Å². The smallest absolute Gasteiger partial charge is 0.336 e. The van der Waals surface area contributed by atoms with Crippen LogP contribution in [0, 0.1) is 12.7 Å². The lowest BCUT2D eigenvalue weighted by Crippen LogP contribution is -2.28. The first-order valence-electron chi connectivity index (χ1n) is 10.9. The van der Waals surface area contributed by atoms with Crippen molar-refractivity contribution in [2.45, 2.75) is 50.5 Å². The third-order valence-corrected chi connectivity index (χ3v) is 6.69. The van der Waals surface area contributed by atoms with E-state index in [2.05, 4.69) is 10.4 Å². The van der Waals surface area contributed by atoms with Crippen molar-refractivity contribution in [3.8, 4) is 11.1 Å². The Balaban J connectivity index is 1.41. The molecule has 7 heteroatoms. The number of rotatable bonds is 6. The van der Waals surface area contributed by atoms with Crippen LogP contribution in [0.2, 0.25) is 0 Å². The highest BCUT2D eigenvalue weighted by atomic mass is 19.1. The van der Waals surface area contributed by atoms with Crippen molar-refractivity contribution in [1.82, 2.24) is 9.78 Å². The predicted octanol–water partition coefficient (Wildman–Crippen LogP) is 5.09. The number of nitrogens with zero attached hydrogens (tertiary/aromatic N) is 2. The fraction of sp³-hybridized carbons (Fsp3) is 0.320. The zero-order valence-electron chi connectivity index (χ0n) is 17.8. The second-order valence-electron chi connectivity index (χ2n) is 8.88. The molecule has 0 aliphatic heterocycles. The summed E-state index contributed by atoms with van der Waals surface area (Å²) in [4.78, 5) is 25.0. The van der Waals surface area contributed by atoms with Gasteiger partial charge < -0.3 is 10.4 Å². The van der Waals surface area contributed by atoms with Gasteiger partial charge in [-0.15, -0.1) is 0 Å². The predicted molar refractivity (Wildman–Crippen MR) is 118 cm³/mol. The van der Waals surface area contributed by atoms with E-state index in [9.17, 15) is 19.1 Å². The van der Waals surface area contributed by atoms with Gasteiger partial charge in [0, 0.05) is 23.0 Å². The van der Waals surface area contributed by atoms with Gasteiger partial charge in [-0.05, 0) is 68.4 Å². The van der Waals surface area contributed by atoms with Gasteiger partial charge in [0.25, 0.3) is 0 Å². The third-order valence-electron chi connectivity index (χ3n) is 6.69. The summed E-state index contributed by atoms with van der Waals surface area (Å²) in [6.45, 7) is 1.80. The molecule has 2 saturated carbocycles. The molecule has 2 aliphatic carbocycles. The molecule has 0 saturated heterocycles. The van der Waals surface area contributed by atoms with E-state index < -0.39 is 11.4 Å². The maximum Gasteiger partial charge on any atom is 0.336 e. The SMILES string of the molecule is Cc1ccc(C2(C(=O)Nc3ccc(-c4cnn(C5CCC5)c4)c(C(=O)O)c3)CC2)c(F)c1. The Morgan fingerprint density at radius 2 is 1.97 bits per heavy atom. The van der Waals surface area contributed by atoms with Gasteiger partial charge in [-0.3, -0.25) is 9.48 Å². The van der Waals surface area contributed by atoms with Gasteiger partial charge in [-0.2, -0.15) is 5.10 Å². The summed E-state index contributed by atoms with van der Waals surface area (Å²) in [5.74, 6) is -1.79. The van der Waals surface area contributed by atoms with E-state index in [4.69, 9.17) is 0 Å². The Morgan fingerprint density at radius 1 is 1.19 bits per heavy atom. The van der Waals surface area contributed by atoms with Gasteiger partial charge in [0.1, 0.15) is 5.82 Å². The number of aryl methyl sites for hydroxylation is 1. The number of hydrogen-bond donors (Lipinski definition) is 2. The summed E-state index contributed by atoms with van der Waals surface area (Å²) in [5.41, 5.74) is 2.02. The normalized spacial score (nSPS) is 16.9. The van der Waals surface area contributed by atoms with Crippen molar-refractivity contribution in [2.75, 3.05) is 5.32 Å². The van der Waals surface area contributed by atoms with E-state index in [-0.39, 0.29) is 17.3 Å². The van der Waals surface area contributed by atoms with Crippen molar-refractivity contribution < 1.29 is 19.1 Å². The fourth-order valence-electron chi connectivity index (χ4n) is 4.38. The van der Waals surface area contributed by atoms with E-state index in [1.165, 1.54) is 18.6 Å². The summed E-state index contributed by atoms with van der Waals surface area (Å²) in [6, 6.07) is 10.1. The molecule has 6 nitrogen and oxygen atoms in total. The lowest BCUT2D eigenvalue weighted by Gasteiger charge is -2.25. The number of aromatic carboxylic acids is 1. The Kier molecular flexibility index (Phi) is 4.84. The lowest BCUT2D eigenvalue weighted by atomic mass is 9.93. The van der Waals surface area contributed by atoms with Gasteiger partial charge in [0.2, 0.25) is 5.91 Å². The molecule has 32 heavy (non-hydrogen) atoms. The number of carbonyl (C=O) groups is 2. The van der Waals surface area contributed by atoms with Crippen molar-refractivity contribution in [2.24, 2.45) is 0 Å². The molecule has 2 N–H and O–H groups in total. The van der Waals surface area contributed by atoms with Crippen LogP contribution in [-0.4, -0.2) is 26.8 Å². The lowest BCUT2D eigenvalue weighted by molar-refractivity contribution is -0.118. The number of amides is 1. The number of anilines is 1. The molecule has 0 radical (unpaired) electrons. The molecular formula is C25H24FN3O3. The average molecular weight is 433 g/mol. The van der Waals surface area contributed by atoms with Crippen LogP contribution in [0.5, 0.6) is 0 Å². The van der Waals surface area contributed by atoms with E-state index in [1.54, 1.807) is 37.4 Å². The average Bonchev–Trinajstić information content (AvgIpc) is 3.38. The van der Waals surface area contributed by atoms with Crippen LogP contribution >= 0.6 is 0 Å². The molecule has 164 valence electrons. The maximum atomic E-state index is 14.5. The number of hydrogen-bond acceptors (Lipinski definition) is 3. The monoisotopic (exact) mass is 433 g/mol. The van der Waals surface area contributed by atoms with Crippen LogP contribution in [0.25, 0.3) is 11.1 Å². The maximum absolute atomic E-state index is 14.5. The largest absolute Gasteiger partial charge is 0.478 e. The van der Waals surface area contributed by atoms with Gasteiger partial charge >= 0.3 is 5.97 Å². The van der Waals surface area contributed by atoms with Gasteiger partial charge in [-0.1, -0.05) is 18.2 Å². The zero-order valence-corrected chi connectivity index (χ0v) is 17.8. The van der Waals surface area contributed by atoms with E-state index in [1.807, 2.05) is 10.9 Å². The van der Waals surface area contributed by atoms with Crippen molar-refractivity contribution in [3.05, 3.63) is 71.3 Å². The summed E-state index contributed by atoms with van der Waals surface area (Å²) in [5, 5.41) is 17.0. The second kappa shape index (κ2) is 7.58. The van der Waals surface area contributed by atoms with Gasteiger partial charge in [-0.25, -0.2) is 9.18 Å². The molecule has 0 unspecified atom stereocenters. The first-order chi connectivity index (χ1) is 15.4.